The minimum absolute atomic E-state index is 0.101. The number of nitrogens with one attached hydrogen (secondary N) is 1. The highest BCUT2D eigenvalue weighted by Crippen LogP contribution is 2.07. The van der Waals surface area contributed by atoms with E-state index >= 15 is 0 Å². The molecule has 0 atom stereocenters. The van der Waals surface area contributed by atoms with Gasteiger partial charge in [-0.3, -0.25) is 0 Å². The van der Waals surface area contributed by atoms with E-state index in [0.29, 0.717) is 12.2 Å². The molecule has 0 aromatic carbocycles. The van der Waals surface area contributed by atoms with Gasteiger partial charge >= 0.3 is 12.0 Å². The molecule has 1 heterocycles. The van der Waals surface area contributed by atoms with Gasteiger partial charge in [0.2, 0.25) is 0 Å². The third-order valence-electron chi connectivity index (χ3n) is 2.24. The van der Waals surface area contributed by atoms with Gasteiger partial charge in [-0.2, -0.15) is 0 Å². The Morgan fingerprint density at radius 1 is 1.47 bits per heavy atom. The summed E-state index contributed by atoms with van der Waals surface area (Å²) in [6.45, 7) is 3.84. The normalized spacial score (nSPS) is 9.74. The maximum absolute atomic E-state index is 11.8. The van der Waals surface area contributed by atoms with Gasteiger partial charge in [-0.25, -0.2) is 14.6 Å². The molecule has 0 fully saturated rings. The van der Waals surface area contributed by atoms with Crippen LogP contribution in [0.3, 0.4) is 0 Å². The molecule has 0 radical (unpaired) electrons. The zero-order valence-electron chi connectivity index (χ0n) is 10.2. The number of anilines is 1. The Kier molecular flexibility index (Phi) is 5.49. The molecule has 0 spiro atoms. The molecule has 0 aliphatic heterocycles. The van der Waals surface area contributed by atoms with E-state index in [0.717, 1.165) is 0 Å². The van der Waals surface area contributed by atoms with Crippen LogP contribution >= 0.6 is 0 Å². The van der Waals surface area contributed by atoms with Crippen LogP contribution in [-0.2, 0) is 0 Å². The van der Waals surface area contributed by atoms with Gasteiger partial charge in [0.05, 0.1) is 18.5 Å². The lowest BCUT2D eigenvalue weighted by atomic mass is 10.3. The summed E-state index contributed by atoms with van der Waals surface area (Å²) in [5, 5.41) is 20.1. The number of hydrogen-bond acceptors (Lipinski definition) is 4. The van der Waals surface area contributed by atoms with Gasteiger partial charge in [-0.1, -0.05) is 6.08 Å². The van der Waals surface area contributed by atoms with Gasteiger partial charge in [-0.05, 0) is 12.1 Å². The molecule has 2 amide bonds. The fourth-order valence-electron chi connectivity index (χ4n) is 1.35. The Balaban J connectivity index is 2.69. The van der Waals surface area contributed by atoms with Gasteiger partial charge in [0.15, 0.2) is 0 Å². The van der Waals surface area contributed by atoms with Crippen LogP contribution in [0.25, 0.3) is 0 Å². The average molecular weight is 265 g/mol. The summed E-state index contributed by atoms with van der Waals surface area (Å²) in [5.74, 6) is -1.13. The number of aliphatic hydroxyl groups excluding tert-OH is 1. The van der Waals surface area contributed by atoms with Crippen molar-refractivity contribution in [2.75, 3.05) is 25.0 Å². The molecule has 0 unspecified atom stereocenters. The molecular formula is C12H15N3O4. The first-order chi connectivity index (χ1) is 9.08. The molecule has 0 bridgehead atoms. The highest BCUT2D eigenvalue weighted by atomic mass is 16.4. The third-order valence-corrected chi connectivity index (χ3v) is 2.24. The van der Waals surface area contributed by atoms with Crippen LogP contribution in [0.2, 0.25) is 0 Å². The van der Waals surface area contributed by atoms with Crippen LogP contribution in [0.5, 0.6) is 0 Å². The maximum Gasteiger partial charge on any atom is 0.354 e. The molecule has 0 saturated carbocycles. The van der Waals surface area contributed by atoms with Crippen LogP contribution in [0, 0.1) is 0 Å². The highest BCUT2D eigenvalue weighted by molar-refractivity contribution is 5.90. The first kappa shape index (κ1) is 14.7. The number of urea groups is 1. The number of carboxylic acids is 1. The molecule has 1 aromatic heterocycles. The lowest BCUT2D eigenvalue weighted by Gasteiger charge is -2.20. The largest absolute Gasteiger partial charge is 0.477 e. The van der Waals surface area contributed by atoms with Crippen LogP contribution in [0.1, 0.15) is 10.5 Å². The summed E-state index contributed by atoms with van der Waals surface area (Å²) in [6, 6.07) is 2.32. The van der Waals surface area contributed by atoms with Gasteiger partial charge in [0.25, 0.3) is 0 Å². The minimum Gasteiger partial charge on any atom is -0.477 e. The quantitative estimate of drug-likeness (QED) is 0.660. The number of pyridine rings is 1. The summed E-state index contributed by atoms with van der Waals surface area (Å²) < 4.78 is 0. The Morgan fingerprint density at radius 3 is 2.68 bits per heavy atom. The first-order valence-corrected chi connectivity index (χ1v) is 5.55. The van der Waals surface area contributed by atoms with Crippen LogP contribution in [0.15, 0.2) is 31.0 Å². The summed E-state index contributed by atoms with van der Waals surface area (Å²) in [5.41, 5.74) is 0.276. The number of carbonyl (C=O) groups is 2. The molecule has 3 N–H and O–H groups in total. The van der Waals surface area contributed by atoms with E-state index in [1.165, 1.54) is 23.2 Å². The predicted molar refractivity (Wildman–Crippen MR) is 69.1 cm³/mol. The van der Waals surface area contributed by atoms with E-state index in [-0.39, 0.29) is 18.8 Å². The molecule has 102 valence electrons. The number of rotatable bonds is 6. The lowest BCUT2D eigenvalue weighted by Crippen LogP contribution is -2.37. The number of aromatic carboxylic acids is 1. The van der Waals surface area contributed by atoms with Crippen molar-refractivity contribution in [1.29, 1.82) is 0 Å². The second kappa shape index (κ2) is 7.12. The Hall–Kier alpha value is -2.41. The average Bonchev–Trinajstić information content (AvgIpc) is 2.39. The number of hydrogen-bond donors (Lipinski definition) is 3. The molecule has 1 rings (SSSR count). The van der Waals surface area contributed by atoms with Crippen molar-refractivity contribution >= 4 is 17.7 Å². The van der Waals surface area contributed by atoms with Crippen LogP contribution in [0.4, 0.5) is 10.5 Å². The second-order valence-electron chi connectivity index (χ2n) is 3.63. The van der Waals surface area contributed by atoms with E-state index in [9.17, 15) is 9.59 Å². The van der Waals surface area contributed by atoms with E-state index in [4.69, 9.17) is 10.2 Å². The Bertz CT molecular complexity index is 459. The van der Waals surface area contributed by atoms with E-state index in [1.54, 1.807) is 6.08 Å². The predicted octanol–water partition coefficient (Wildman–Crippen LogP) is 0.792. The number of aliphatic hydroxyl groups is 1. The number of aromatic nitrogens is 1. The van der Waals surface area contributed by atoms with Crippen molar-refractivity contribution in [1.82, 2.24) is 9.88 Å². The van der Waals surface area contributed by atoms with E-state index in [1.807, 2.05) is 0 Å². The summed E-state index contributed by atoms with van der Waals surface area (Å²) in [4.78, 5) is 27.5. The maximum atomic E-state index is 11.8. The summed E-state index contributed by atoms with van der Waals surface area (Å²) >= 11 is 0. The number of carbonyl (C=O) groups excluding carboxylic acids is 1. The first-order valence-electron chi connectivity index (χ1n) is 5.55. The minimum atomic E-state index is -1.13. The number of nitrogens with zero attached hydrogens (tertiary/aromatic N) is 2. The van der Waals surface area contributed by atoms with E-state index < -0.39 is 12.0 Å². The molecule has 7 heteroatoms. The monoisotopic (exact) mass is 265 g/mol. The van der Waals surface area contributed by atoms with Gasteiger partial charge in [0, 0.05) is 13.1 Å². The van der Waals surface area contributed by atoms with Gasteiger partial charge < -0.3 is 20.4 Å². The van der Waals surface area contributed by atoms with Crippen LogP contribution < -0.4 is 5.32 Å². The lowest BCUT2D eigenvalue weighted by molar-refractivity contribution is 0.0690. The highest BCUT2D eigenvalue weighted by Gasteiger charge is 2.12. The number of carboxylic acid groups (broad SMARTS) is 1. The van der Waals surface area contributed by atoms with Crippen molar-refractivity contribution in [3.8, 4) is 0 Å². The molecule has 1 aromatic rings. The molecule has 0 saturated heterocycles. The third kappa shape index (κ3) is 4.40. The zero-order chi connectivity index (χ0) is 14.3. The molecule has 19 heavy (non-hydrogen) atoms. The fraction of sp³-hybridized carbons (Fsp3) is 0.250. The van der Waals surface area contributed by atoms with Crippen molar-refractivity contribution in [2.45, 2.75) is 0 Å². The van der Waals surface area contributed by atoms with E-state index in [2.05, 4.69) is 16.9 Å². The molecule has 0 aliphatic rings. The van der Waals surface area contributed by atoms with Crippen LogP contribution in [-0.4, -0.2) is 51.8 Å². The second-order valence-corrected chi connectivity index (χ2v) is 3.63. The smallest absolute Gasteiger partial charge is 0.354 e. The topological polar surface area (TPSA) is 103 Å². The molecular weight excluding hydrogens is 250 g/mol. The van der Waals surface area contributed by atoms with Crippen molar-refractivity contribution in [3.63, 3.8) is 0 Å². The van der Waals surface area contributed by atoms with Gasteiger partial charge in [0.1, 0.15) is 5.69 Å². The summed E-state index contributed by atoms with van der Waals surface area (Å²) in [6.07, 6.45) is 2.80. The Morgan fingerprint density at radius 2 is 2.21 bits per heavy atom. The fourth-order valence-corrected chi connectivity index (χ4v) is 1.35. The standard InChI is InChI=1S/C12H15N3O4/c1-2-5-15(6-7-16)12(19)14-9-3-4-10(11(17)18)13-8-9/h2-4,8,16H,1,5-7H2,(H,14,19)(H,17,18). The van der Waals surface area contributed by atoms with Crippen molar-refractivity contribution in [2.24, 2.45) is 0 Å². The molecule has 0 aliphatic carbocycles. The number of amides is 2. The molecule has 7 nitrogen and oxygen atoms in total. The SMILES string of the molecule is C=CCN(CCO)C(=O)Nc1ccc(C(=O)O)nc1. The van der Waals surface area contributed by atoms with Crippen molar-refractivity contribution in [3.05, 3.63) is 36.7 Å². The summed E-state index contributed by atoms with van der Waals surface area (Å²) in [7, 11) is 0. The zero-order valence-corrected chi connectivity index (χ0v) is 10.2. The van der Waals surface area contributed by atoms with Gasteiger partial charge in [-0.15, -0.1) is 6.58 Å². The Labute approximate surface area is 110 Å². The van der Waals surface area contributed by atoms with Crippen molar-refractivity contribution < 1.29 is 19.8 Å².